The van der Waals surface area contributed by atoms with Crippen LogP contribution >= 0.6 is 0 Å². The summed E-state index contributed by atoms with van der Waals surface area (Å²) < 4.78 is 0. The molecule has 0 N–H and O–H groups in total. The van der Waals surface area contributed by atoms with Crippen molar-refractivity contribution in [1.82, 2.24) is 0 Å². The zero-order chi connectivity index (χ0) is 19.6. The Hall–Kier alpha value is 1.35. The van der Waals surface area contributed by atoms with Crippen LogP contribution in [-0.2, 0) is 43.4 Å². The van der Waals surface area contributed by atoms with Gasteiger partial charge in [-0.1, -0.05) is 13.8 Å². The first-order chi connectivity index (χ1) is 12.8. The molecule has 4 saturated carbocycles. The van der Waals surface area contributed by atoms with Crippen molar-refractivity contribution in [3.8, 4) is 0 Å². The molecule has 0 bridgehead atoms. The zero-order valence-corrected chi connectivity index (χ0v) is 19.9. The van der Waals surface area contributed by atoms with Crippen molar-refractivity contribution in [2.45, 2.75) is 13.8 Å². The maximum atomic E-state index is 8.93. The molecule has 0 aromatic heterocycles. The first-order valence-electron chi connectivity index (χ1n) is 8.66. The Morgan fingerprint density at radius 1 is 0.321 bits per heavy atom. The molecular weight excluding hydrogens is 416 g/mol. The predicted molar refractivity (Wildman–Crippen MR) is 107 cm³/mol. The Kier molecular flexibility index (Phi) is 51.0. The van der Waals surface area contributed by atoms with Crippen LogP contribution in [0.4, 0.5) is 0 Å². The van der Waals surface area contributed by atoms with Crippen molar-refractivity contribution < 1.29 is 53.6 Å². The Morgan fingerprint density at radius 3 is 0.393 bits per heavy atom. The van der Waals surface area contributed by atoms with Crippen molar-refractivity contribution in [2.75, 3.05) is 13.2 Å². The molecule has 28 heavy (non-hydrogen) atoms. The summed E-state index contributed by atoms with van der Waals surface area (Å²) in [5, 5.41) is 17.9. The molecule has 4 fully saturated rings. The average molecular weight is 446 g/mol. The minimum atomic E-state index is 0. The second kappa shape index (κ2) is 38.9. The van der Waals surface area contributed by atoms with E-state index in [9.17, 15) is 0 Å². The van der Waals surface area contributed by atoms with Gasteiger partial charge in [-0.2, -0.15) is 0 Å². The second-order valence-corrected chi connectivity index (χ2v) is 4.43. The molecule has 0 unspecified atom stereocenters. The fourth-order valence-electron chi connectivity index (χ4n) is 1.28. The third-order valence-corrected chi connectivity index (χ3v) is 2.22. The Labute approximate surface area is 208 Å². The SMILES string of the molecule is CC[O-].CC[O-].[CH]1[CH][CH][CH][CH]1.[CH]1[CH][CH][CH][CH]1.[CH]1[CH][CH][CH][CH]1.[CH]1[CH][CH][CH][CH]1.[Ti+3].[Ti+3]. The molecule has 0 saturated heterocycles. The van der Waals surface area contributed by atoms with E-state index in [-0.39, 0.29) is 56.6 Å². The smallest absolute Gasteiger partial charge is 0.855 e. The average Bonchev–Trinajstić information content (AvgIpc) is 3.53. The minimum Gasteiger partial charge on any atom is -0.855 e. The summed E-state index contributed by atoms with van der Waals surface area (Å²) in [4.78, 5) is 0. The molecule has 0 aromatic rings. The first kappa shape index (κ1) is 36.7. The van der Waals surface area contributed by atoms with Crippen LogP contribution in [0.3, 0.4) is 0 Å². The van der Waals surface area contributed by atoms with Crippen molar-refractivity contribution >= 4 is 0 Å². The van der Waals surface area contributed by atoms with Gasteiger partial charge in [0.05, 0.1) is 0 Å². The molecular formula is C24H30O2Ti2+4. The summed E-state index contributed by atoms with van der Waals surface area (Å²) in [5.74, 6) is 0. The van der Waals surface area contributed by atoms with E-state index in [0.29, 0.717) is 0 Å². The number of hydrogen-bond acceptors (Lipinski definition) is 2. The van der Waals surface area contributed by atoms with Gasteiger partial charge < -0.3 is 10.2 Å². The number of rotatable bonds is 0. The topological polar surface area (TPSA) is 46.1 Å². The van der Waals surface area contributed by atoms with E-state index >= 15 is 0 Å². The van der Waals surface area contributed by atoms with E-state index in [1.54, 1.807) is 13.8 Å². The van der Waals surface area contributed by atoms with Crippen LogP contribution in [0.25, 0.3) is 0 Å². The van der Waals surface area contributed by atoms with Crippen molar-refractivity contribution in [3.63, 3.8) is 0 Å². The van der Waals surface area contributed by atoms with Crippen LogP contribution in [0.5, 0.6) is 0 Å². The second-order valence-electron chi connectivity index (χ2n) is 4.43. The van der Waals surface area contributed by atoms with Crippen LogP contribution in [0, 0.1) is 128 Å². The van der Waals surface area contributed by atoms with Gasteiger partial charge in [0.2, 0.25) is 0 Å². The normalized spacial score (nSPS) is 18.4. The predicted octanol–water partition coefficient (Wildman–Crippen LogP) is 2.81. The maximum Gasteiger partial charge on any atom is 3.00 e. The molecule has 0 aliphatic heterocycles. The summed E-state index contributed by atoms with van der Waals surface area (Å²) in [6.45, 7) is 3.14. The van der Waals surface area contributed by atoms with E-state index in [2.05, 4.69) is 0 Å². The van der Waals surface area contributed by atoms with Gasteiger partial charge in [-0.05, 0) is 128 Å². The first-order valence-corrected chi connectivity index (χ1v) is 8.66. The van der Waals surface area contributed by atoms with E-state index < -0.39 is 0 Å². The molecule has 0 heterocycles. The minimum absolute atomic E-state index is 0. The van der Waals surface area contributed by atoms with E-state index in [1.807, 2.05) is 128 Å². The monoisotopic (exact) mass is 446 g/mol. The van der Waals surface area contributed by atoms with E-state index in [1.165, 1.54) is 0 Å². The van der Waals surface area contributed by atoms with Crippen LogP contribution in [0.15, 0.2) is 0 Å². The molecule has 4 heteroatoms. The van der Waals surface area contributed by atoms with Crippen molar-refractivity contribution in [1.29, 1.82) is 0 Å². The maximum absolute atomic E-state index is 8.93. The standard InChI is InChI=1S/4C5H5.2C2H5O.2Ti/c4*1-2-4-5-3-1;2*1-2-3;;/h4*1-5H;2*2H2,1H3;;/q;;;;2*-1;2*+3. The fraction of sp³-hybridized carbons (Fsp3) is 0.167. The molecule has 0 amide bonds. The van der Waals surface area contributed by atoms with Crippen LogP contribution in [-0.4, -0.2) is 13.2 Å². The zero-order valence-electron chi connectivity index (χ0n) is 16.8. The van der Waals surface area contributed by atoms with Crippen LogP contribution in [0.2, 0.25) is 0 Å². The van der Waals surface area contributed by atoms with Gasteiger partial charge in [0, 0.05) is 0 Å². The summed E-state index contributed by atoms with van der Waals surface area (Å²) in [6.07, 6.45) is 40.0. The van der Waals surface area contributed by atoms with Crippen molar-refractivity contribution in [3.05, 3.63) is 128 Å². The molecule has 4 aliphatic carbocycles. The molecule has 142 valence electrons. The summed E-state index contributed by atoms with van der Waals surface area (Å²) >= 11 is 0. The molecule has 0 aromatic carbocycles. The Bertz CT molecular complexity index is 128. The molecule has 4 aliphatic rings. The van der Waals surface area contributed by atoms with E-state index in [4.69, 9.17) is 10.2 Å². The molecule has 22 radical (unpaired) electrons. The van der Waals surface area contributed by atoms with Gasteiger partial charge in [0.25, 0.3) is 0 Å². The van der Waals surface area contributed by atoms with Gasteiger partial charge in [-0.15, -0.1) is 13.2 Å². The van der Waals surface area contributed by atoms with Gasteiger partial charge in [0.1, 0.15) is 0 Å². The molecule has 0 atom stereocenters. The Morgan fingerprint density at radius 2 is 0.357 bits per heavy atom. The summed E-state index contributed by atoms with van der Waals surface area (Å²) in [5.41, 5.74) is 0. The van der Waals surface area contributed by atoms with E-state index in [0.717, 1.165) is 0 Å². The van der Waals surface area contributed by atoms with Crippen LogP contribution < -0.4 is 10.2 Å². The van der Waals surface area contributed by atoms with Gasteiger partial charge in [-0.25, -0.2) is 0 Å². The van der Waals surface area contributed by atoms with Crippen molar-refractivity contribution in [2.24, 2.45) is 0 Å². The third-order valence-electron chi connectivity index (χ3n) is 2.22. The largest absolute Gasteiger partial charge is 3.00 e. The molecule has 4 rings (SSSR count). The third kappa shape index (κ3) is 41.7. The van der Waals surface area contributed by atoms with Crippen LogP contribution in [0.1, 0.15) is 13.8 Å². The molecule has 0 spiro atoms. The fourth-order valence-corrected chi connectivity index (χ4v) is 1.28. The Balaban J connectivity index is -0.000000124. The van der Waals surface area contributed by atoms with Gasteiger partial charge in [-0.3, -0.25) is 0 Å². The van der Waals surface area contributed by atoms with Gasteiger partial charge >= 0.3 is 43.4 Å². The summed E-state index contributed by atoms with van der Waals surface area (Å²) in [7, 11) is 0. The van der Waals surface area contributed by atoms with Gasteiger partial charge in [0.15, 0.2) is 0 Å². The molecule has 2 nitrogen and oxygen atoms in total. The summed E-state index contributed by atoms with van der Waals surface area (Å²) in [6, 6.07) is 0. The quantitative estimate of drug-likeness (QED) is 0.538. The number of hydrogen-bond donors (Lipinski definition) is 0.